The molecule has 0 bridgehead atoms. The minimum absolute atomic E-state index is 0.115. The van der Waals surface area contributed by atoms with Crippen LogP contribution in [0.3, 0.4) is 0 Å². The molecule has 4 rings (SSSR count). The quantitative estimate of drug-likeness (QED) is 0.612. The Morgan fingerprint density at radius 1 is 1.16 bits per heavy atom. The second kappa shape index (κ2) is 8.73. The van der Waals surface area contributed by atoms with Gasteiger partial charge >= 0.3 is 0 Å². The molecule has 0 aliphatic carbocycles. The number of halogens is 1. The van der Waals surface area contributed by atoms with E-state index in [1.807, 2.05) is 31.2 Å². The van der Waals surface area contributed by atoms with E-state index in [-0.39, 0.29) is 17.1 Å². The number of fused-ring (bicyclic) bond motifs is 2. The van der Waals surface area contributed by atoms with Gasteiger partial charge in [0, 0.05) is 18.0 Å². The zero-order valence-corrected chi connectivity index (χ0v) is 18.7. The summed E-state index contributed by atoms with van der Waals surface area (Å²) in [5.41, 5.74) is 1.33. The summed E-state index contributed by atoms with van der Waals surface area (Å²) in [6.45, 7) is 3.88. The van der Waals surface area contributed by atoms with Gasteiger partial charge in [0.2, 0.25) is 5.76 Å². The number of quaternary nitrogens is 1. The molecule has 1 atom stereocenters. The van der Waals surface area contributed by atoms with Crippen LogP contribution >= 0.6 is 11.6 Å². The number of nitrogens with one attached hydrogen (secondary N) is 1. The van der Waals surface area contributed by atoms with Crippen molar-refractivity contribution in [1.29, 1.82) is 0 Å². The van der Waals surface area contributed by atoms with E-state index in [1.54, 1.807) is 23.1 Å². The molecule has 1 N–H and O–H groups in total. The Bertz CT molecular complexity index is 1190. The normalized spacial score (nSPS) is 15.7. The number of ether oxygens (including phenoxy) is 1. The summed E-state index contributed by atoms with van der Waals surface area (Å²) in [5.74, 6) is 0.556. The molecular weight excluding hydrogens is 416 g/mol. The van der Waals surface area contributed by atoms with Crippen molar-refractivity contribution in [1.82, 2.24) is 4.90 Å². The second-order valence-corrected chi connectivity index (χ2v) is 8.47. The highest BCUT2D eigenvalue weighted by atomic mass is 35.5. The zero-order chi connectivity index (χ0) is 22.1. The first-order chi connectivity index (χ1) is 14.9. The minimum atomic E-state index is -0.528. The van der Waals surface area contributed by atoms with Gasteiger partial charge in [-0.2, -0.15) is 0 Å². The van der Waals surface area contributed by atoms with Gasteiger partial charge in [-0.1, -0.05) is 23.7 Å². The largest absolute Gasteiger partial charge is 0.494 e. The Balaban J connectivity index is 1.87. The van der Waals surface area contributed by atoms with Gasteiger partial charge in [-0.25, -0.2) is 0 Å². The maximum Gasteiger partial charge on any atom is 0.290 e. The fourth-order valence-corrected chi connectivity index (χ4v) is 4.29. The van der Waals surface area contributed by atoms with E-state index < -0.39 is 6.04 Å². The third kappa shape index (κ3) is 4.05. The molecule has 0 fully saturated rings. The predicted molar refractivity (Wildman–Crippen MR) is 120 cm³/mol. The molecule has 0 saturated heterocycles. The molecule has 162 valence electrons. The third-order valence-corrected chi connectivity index (χ3v) is 5.72. The predicted octanol–water partition coefficient (Wildman–Crippen LogP) is 2.92. The molecule has 6 nitrogen and oxygen atoms in total. The van der Waals surface area contributed by atoms with Gasteiger partial charge in [0.15, 0.2) is 5.43 Å². The number of hydrogen-bond acceptors (Lipinski definition) is 4. The Morgan fingerprint density at radius 3 is 2.71 bits per heavy atom. The molecule has 1 amide bonds. The van der Waals surface area contributed by atoms with Crippen molar-refractivity contribution in [2.45, 2.75) is 19.4 Å². The van der Waals surface area contributed by atoms with Gasteiger partial charge in [0.05, 0.1) is 44.2 Å². The van der Waals surface area contributed by atoms with Crippen LogP contribution in [0, 0.1) is 0 Å². The summed E-state index contributed by atoms with van der Waals surface area (Å²) in [6, 6.07) is 11.9. The van der Waals surface area contributed by atoms with Crippen LogP contribution in [0.15, 0.2) is 51.7 Å². The van der Waals surface area contributed by atoms with Gasteiger partial charge in [0.1, 0.15) is 11.3 Å². The van der Waals surface area contributed by atoms with Crippen LogP contribution in [0.25, 0.3) is 11.0 Å². The van der Waals surface area contributed by atoms with E-state index in [9.17, 15) is 9.59 Å². The van der Waals surface area contributed by atoms with Gasteiger partial charge in [0.25, 0.3) is 5.91 Å². The maximum atomic E-state index is 13.5. The Morgan fingerprint density at radius 2 is 1.97 bits per heavy atom. The minimum Gasteiger partial charge on any atom is -0.494 e. The van der Waals surface area contributed by atoms with Gasteiger partial charge in [-0.15, -0.1) is 0 Å². The summed E-state index contributed by atoms with van der Waals surface area (Å²) < 4.78 is 11.6. The molecule has 2 aromatic carbocycles. The molecule has 3 aromatic rings. The van der Waals surface area contributed by atoms with Crippen molar-refractivity contribution in [3.05, 3.63) is 74.6 Å². The molecule has 1 unspecified atom stereocenters. The highest BCUT2D eigenvalue weighted by Gasteiger charge is 2.42. The van der Waals surface area contributed by atoms with E-state index >= 15 is 0 Å². The summed E-state index contributed by atoms with van der Waals surface area (Å²) in [4.78, 5) is 29.9. The molecule has 7 heteroatoms. The van der Waals surface area contributed by atoms with Crippen molar-refractivity contribution in [2.24, 2.45) is 0 Å². The van der Waals surface area contributed by atoms with Crippen molar-refractivity contribution in [2.75, 3.05) is 33.8 Å². The number of rotatable bonds is 7. The SMILES string of the molecule is CCOc1cccc(C2c3c(oc4ccc(Cl)cc4c3=O)C(=O)N2CCC[NH+](C)C)c1. The maximum absolute atomic E-state index is 13.5. The highest BCUT2D eigenvalue weighted by molar-refractivity contribution is 6.31. The lowest BCUT2D eigenvalue weighted by atomic mass is 9.98. The first-order valence-electron chi connectivity index (χ1n) is 10.5. The lowest BCUT2D eigenvalue weighted by molar-refractivity contribution is -0.858. The van der Waals surface area contributed by atoms with Crippen LogP contribution in [-0.4, -0.2) is 44.6 Å². The Labute approximate surface area is 186 Å². The van der Waals surface area contributed by atoms with Crippen LogP contribution in [0.2, 0.25) is 5.02 Å². The average molecular weight is 442 g/mol. The Kier molecular flexibility index (Phi) is 6.03. The van der Waals surface area contributed by atoms with Crippen LogP contribution in [0.5, 0.6) is 5.75 Å². The van der Waals surface area contributed by atoms with Gasteiger partial charge < -0.3 is 19.0 Å². The second-order valence-electron chi connectivity index (χ2n) is 8.03. The summed E-state index contributed by atoms with van der Waals surface area (Å²) >= 11 is 6.13. The smallest absolute Gasteiger partial charge is 0.290 e. The van der Waals surface area contributed by atoms with Gasteiger partial charge in [-0.05, 0) is 42.8 Å². The lowest BCUT2D eigenvalue weighted by Gasteiger charge is -2.25. The van der Waals surface area contributed by atoms with E-state index in [4.69, 9.17) is 20.8 Å². The summed E-state index contributed by atoms with van der Waals surface area (Å²) in [6.07, 6.45) is 0.809. The topological polar surface area (TPSA) is 64.2 Å². The fraction of sp³-hybridized carbons (Fsp3) is 0.333. The summed E-state index contributed by atoms with van der Waals surface area (Å²) in [7, 11) is 4.15. The average Bonchev–Trinajstić information content (AvgIpc) is 3.01. The standard InChI is InChI=1S/C24H25ClN2O4/c1-4-30-17-8-5-7-15(13-17)21-20-22(28)18-14-16(25)9-10-19(18)31-23(20)24(29)27(21)12-6-11-26(2)3/h5,7-10,13-14,21H,4,6,11-12H2,1-3H3/p+1. The van der Waals surface area contributed by atoms with Crippen LogP contribution in [0.1, 0.15) is 41.1 Å². The molecule has 1 aromatic heterocycles. The molecule has 1 aliphatic heterocycles. The third-order valence-electron chi connectivity index (χ3n) is 5.49. The van der Waals surface area contributed by atoms with E-state index in [2.05, 4.69) is 14.1 Å². The van der Waals surface area contributed by atoms with Crippen molar-refractivity contribution >= 4 is 28.5 Å². The molecular formula is C24H26ClN2O4+. The molecule has 31 heavy (non-hydrogen) atoms. The number of carbonyl (C=O) groups excluding carboxylic acids is 1. The number of benzene rings is 2. The first kappa shape index (κ1) is 21.4. The van der Waals surface area contributed by atoms with Crippen molar-refractivity contribution in [3.63, 3.8) is 0 Å². The first-order valence-corrected chi connectivity index (χ1v) is 10.9. The highest BCUT2D eigenvalue weighted by Crippen LogP contribution is 2.39. The van der Waals surface area contributed by atoms with E-state index in [0.29, 0.717) is 40.5 Å². The molecule has 0 radical (unpaired) electrons. The van der Waals surface area contributed by atoms with Crippen LogP contribution < -0.4 is 15.1 Å². The van der Waals surface area contributed by atoms with E-state index in [1.165, 1.54) is 4.90 Å². The molecule has 2 heterocycles. The number of carbonyl (C=O) groups is 1. The fourth-order valence-electron chi connectivity index (χ4n) is 4.11. The molecule has 1 aliphatic rings. The van der Waals surface area contributed by atoms with Gasteiger partial charge in [-0.3, -0.25) is 9.59 Å². The van der Waals surface area contributed by atoms with Crippen molar-refractivity contribution in [3.8, 4) is 5.75 Å². The van der Waals surface area contributed by atoms with Crippen molar-refractivity contribution < 1.29 is 18.8 Å². The monoisotopic (exact) mass is 441 g/mol. The number of nitrogens with zero attached hydrogens (tertiary/aromatic N) is 1. The Hall–Kier alpha value is -2.83. The van der Waals surface area contributed by atoms with Crippen LogP contribution in [0.4, 0.5) is 0 Å². The van der Waals surface area contributed by atoms with E-state index in [0.717, 1.165) is 18.5 Å². The zero-order valence-electron chi connectivity index (χ0n) is 17.9. The molecule has 0 spiro atoms. The summed E-state index contributed by atoms with van der Waals surface area (Å²) in [5, 5.41) is 0.828. The number of hydrogen-bond donors (Lipinski definition) is 1. The molecule has 0 saturated carbocycles. The van der Waals surface area contributed by atoms with Crippen LogP contribution in [-0.2, 0) is 0 Å². The number of amides is 1. The lowest BCUT2D eigenvalue weighted by Crippen LogP contribution is -3.05.